The number of hydrogen-bond donors (Lipinski definition) is 0. The number of rotatable bonds is 9. The van der Waals surface area contributed by atoms with Gasteiger partial charge in [0, 0.05) is 30.0 Å². The van der Waals surface area contributed by atoms with E-state index in [2.05, 4.69) is 0 Å². The minimum Gasteiger partial charge on any atom is -0.497 e. The summed E-state index contributed by atoms with van der Waals surface area (Å²) >= 11 is 8.20. The molecular formula is C32H28ClN5O5S. The predicted molar refractivity (Wildman–Crippen MR) is 170 cm³/mol. The second kappa shape index (κ2) is 12.7. The summed E-state index contributed by atoms with van der Waals surface area (Å²) in [5.74, 6) is 0.667. The lowest BCUT2D eigenvalue weighted by atomic mass is 10.1. The Morgan fingerprint density at radius 1 is 1.16 bits per heavy atom. The molecule has 3 aromatic carbocycles. The molecule has 1 saturated heterocycles. The monoisotopic (exact) mass is 629 g/mol. The number of halogens is 1. The summed E-state index contributed by atoms with van der Waals surface area (Å²) in [5.41, 5.74) is 2.60. The highest BCUT2D eigenvalue weighted by Crippen LogP contribution is 2.38. The fraction of sp³-hybridized carbons (Fsp3) is 0.219. The van der Waals surface area contributed by atoms with Crippen LogP contribution >= 0.6 is 23.5 Å². The van der Waals surface area contributed by atoms with E-state index in [1.807, 2.05) is 53.7 Å². The zero-order valence-corrected chi connectivity index (χ0v) is 25.5. The maximum Gasteiger partial charge on any atom is 0.284 e. The Hall–Kier alpha value is -4.29. The molecule has 2 atom stereocenters. The molecule has 2 aromatic heterocycles. The summed E-state index contributed by atoms with van der Waals surface area (Å²) in [6.07, 6.45) is 2.84. The zero-order chi connectivity index (χ0) is 30.8. The molecule has 224 valence electrons. The van der Waals surface area contributed by atoms with Gasteiger partial charge in [0.1, 0.15) is 10.6 Å². The lowest BCUT2D eigenvalue weighted by Gasteiger charge is -2.36. The topological polar surface area (TPSA) is 113 Å². The fourth-order valence-corrected chi connectivity index (χ4v) is 6.66. The van der Waals surface area contributed by atoms with Crippen LogP contribution in [0.15, 0.2) is 89.8 Å². The van der Waals surface area contributed by atoms with E-state index in [4.69, 9.17) is 31.2 Å². The SMILES string of the molecule is COc1ccc2nc3c(c(C)nn3[C@H]3CN(Sc4ccccc4[N+](=O)[O-])C[C@@H](/C=C/CC(=O)c4ccccc4)O3)c(Cl)c2c1. The molecule has 0 unspecified atom stereocenters. The van der Waals surface area contributed by atoms with Crippen LogP contribution in [0, 0.1) is 17.0 Å². The van der Waals surface area contributed by atoms with Crippen molar-refractivity contribution in [3.63, 3.8) is 0 Å². The van der Waals surface area contributed by atoms with Crippen LogP contribution in [0.2, 0.25) is 5.02 Å². The summed E-state index contributed by atoms with van der Waals surface area (Å²) in [7, 11) is 1.60. The van der Waals surface area contributed by atoms with Gasteiger partial charge in [0.15, 0.2) is 17.7 Å². The number of allylic oxidation sites excluding steroid dienone is 1. The van der Waals surface area contributed by atoms with Crippen molar-refractivity contribution in [2.45, 2.75) is 30.6 Å². The number of ketones is 1. The molecule has 0 radical (unpaired) electrons. The van der Waals surface area contributed by atoms with E-state index in [1.165, 1.54) is 18.0 Å². The number of ether oxygens (including phenoxy) is 2. The van der Waals surface area contributed by atoms with Crippen molar-refractivity contribution in [1.82, 2.24) is 19.1 Å². The van der Waals surface area contributed by atoms with Crippen molar-refractivity contribution in [2.75, 3.05) is 20.2 Å². The Morgan fingerprint density at radius 3 is 2.70 bits per heavy atom. The molecule has 0 spiro atoms. The number of aromatic nitrogens is 3. The molecule has 0 amide bonds. The molecule has 1 fully saturated rings. The Labute approximate surface area is 262 Å². The summed E-state index contributed by atoms with van der Waals surface area (Å²) in [6.45, 7) is 2.66. The molecule has 0 bridgehead atoms. The smallest absolute Gasteiger partial charge is 0.284 e. The first kappa shape index (κ1) is 29.8. The standard InChI is InChI=1S/C32H28ClN5O5S/c1-20-30-31(33)24-17-22(42-2)15-16-25(24)34-32(30)37(35-20)29-19-36(44-28-14-7-6-12-26(28)38(40)41)18-23(43-29)11-8-13-27(39)21-9-4-3-5-10-21/h3-12,14-17,23,29H,13,18-19H2,1-2H3/b11-8+/t23-,29-/m1/s1. The molecule has 1 aliphatic heterocycles. The van der Waals surface area contributed by atoms with Gasteiger partial charge < -0.3 is 9.47 Å². The van der Waals surface area contributed by atoms with Gasteiger partial charge in [0.25, 0.3) is 5.69 Å². The first-order valence-electron chi connectivity index (χ1n) is 13.9. The van der Waals surface area contributed by atoms with Crippen LogP contribution in [0.1, 0.15) is 28.7 Å². The molecule has 10 nitrogen and oxygen atoms in total. The predicted octanol–water partition coefficient (Wildman–Crippen LogP) is 7.20. The fourth-order valence-electron chi connectivity index (χ4n) is 5.21. The Balaban J connectivity index is 1.34. The summed E-state index contributed by atoms with van der Waals surface area (Å²) in [5, 5.41) is 18.5. The van der Waals surface area contributed by atoms with Gasteiger partial charge >= 0.3 is 0 Å². The number of pyridine rings is 1. The highest BCUT2D eigenvalue weighted by Gasteiger charge is 2.32. The maximum absolute atomic E-state index is 12.7. The molecule has 44 heavy (non-hydrogen) atoms. The molecule has 12 heteroatoms. The van der Waals surface area contributed by atoms with Crippen LogP contribution in [0.3, 0.4) is 0 Å². The van der Waals surface area contributed by atoms with Crippen molar-refractivity contribution in [3.05, 3.63) is 111 Å². The van der Waals surface area contributed by atoms with Gasteiger partial charge in [-0.05, 0) is 43.1 Å². The van der Waals surface area contributed by atoms with Crippen LogP contribution in [0.5, 0.6) is 5.75 Å². The lowest BCUT2D eigenvalue weighted by Crippen LogP contribution is -2.42. The van der Waals surface area contributed by atoms with E-state index in [9.17, 15) is 14.9 Å². The molecular weight excluding hydrogens is 602 g/mol. The third-order valence-electron chi connectivity index (χ3n) is 7.33. The van der Waals surface area contributed by atoms with Gasteiger partial charge in [-0.2, -0.15) is 5.10 Å². The highest BCUT2D eigenvalue weighted by atomic mass is 35.5. The van der Waals surface area contributed by atoms with E-state index in [0.717, 1.165) is 5.39 Å². The Bertz CT molecular complexity index is 1900. The van der Waals surface area contributed by atoms with E-state index >= 15 is 0 Å². The van der Waals surface area contributed by atoms with E-state index in [1.54, 1.807) is 48.2 Å². The van der Waals surface area contributed by atoms with Crippen LogP contribution in [-0.4, -0.2) is 56.1 Å². The first-order chi connectivity index (χ1) is 21.3. The van der Waals surface area contributed by atoms with Crippen LogP contribution < -0.4 is 4.74 Å². The zero-order valence-electron chi connectivity index (χ0n) is 23.9. The number of nitro groups is 1. The molecule has 0 aliphatic carbocycles. The van der Waals surface area contributed by atoms with Crippen LogP contribution in [0.4, 0.5) is 5.69 Å². The number of carbonyl (C=O) groups is 1. The summed E-state index contributed by atoms with van der Waals surface area (Å²) < 4.78 is 15.6. The highest BCUT2D eigenvalue weighted by molar-refractivity contribution is 7.97. The van der Waals surface area contributed by atoms with Crippen molar-refractivity contribution < 1.29 is 19.2 Å². The Kier molecular flexibility index (Phi) is 8.62. The largest absolute Gasteiger partial charge is 0.497 e. The quantitative estimate of drug-likeness (QED) is 0.0549. The van der Waals surface area contributed by atoms with Crippen molar-refractivity contribution in [3.8, 4) is 5.75 Å². The van der Waals surface area contributed by atoms with Gasteiger partial charge in [-0.15, -0.1) is 0 Å². The molecule has 3 heterocycles. The lowest BCUT2D eigenvalue weighted by molar-refractivity contribution is -0.387. The number of carbonyl (C=O) groups excluding carboxylic acids is 1. The normalized spacial score (nSPS) is 17.4. The van der Waals surface area contributed by atoms with Gasteiger partial charge in [-0.3, -0.25) is 14.9 Å². The van der Waals surface area contributed by atoms with Gasteiger partial charge in [-0.1, -0.05) is 66.2 Å². The van der Waals surface area contributed by atoms with E-state index < -0.39 is 12.3 Å². The minimum atomic E-state index is -0.603. The number of morpholine rings is 1. The number of nitrogens with zero attached hydrogens (tertiary/aromatic N) is 5. The van der Waals surface area contributed by atoms with Crippen molar-refractivity contribution >= 4 is 57.0 Å². The molecule has 0 saturated carbocycles. The number of hydrogen-bond acceptors (Lipinski definition) is 9. The van der Waals surface area contributed by atoms with Gasteiger partial charge in [0.2, 0.25) is 0 Å². The minimum absolute atomic E-state index is 0.00334. The van der Waals surface area contributed by atoms with E-state index in [-0.39, 0.29) is 22.8 Å². The van der Waals surface area contributed by atoms with E-state index in [0.29, 0.717) is 56.6 Å². The van der Waals surface area contributed by atoms with Gasteiger partial charge in [-0.25, -0.2) is 14.0 Å². The molecule has 0 N–H and O–H groups in total. The average molecular weight is 630 g/mol. The second-order valence-electron chi connectivity index (χ2n) is 10.3. The number of Topliss-reactive ketones (excluding diaryl/α,β-unsaturated/α-hetero) is 1. The van der Waals surface area contributed by atoms with Crippen molar-refractivity contribution in [1.29, 1.82) is 0 Å². The Morgan fingerprint density at radius 2 is 1.93 bits per heavy atom. The summed E-state index contributed by atoms with van der Waals surface area (Å²) in [6, 6.07) is 21.3. The number of fused-ring (bicyclic) bond motifs is 2. The second-order valence-corrected chi connectivity index (χ2v) is 11.8. The molecule has 1 aliphatic rings. The molecule has 6 rings (SSSR count). The number of benzene rings is 3. The number of para-hydroxylation sites is 1. The molecule has 5 aromatic rings. The van der Waals surface area contributed by atoms with Crippen LogP contribution in [0.25, 0.3) is 21.9 Å². The van der Waals surface area contributed by atoms with Crippen molar-refractivity contribution in [2.24, 2.45) is 0 Å². The maximum atomic E-state index is 12.7. The average Bonchev–Trinajstić information content (AvgIpc) is 3.37. The number of nitro benzene ring substituents is 1. The van der Waals surface area contributed by atoms with Crippen LogP contribution in [-0.2, 0) is 4.74 Å². The summed E-state index contributed by atoms with van der Waals surface area (Å²) in [4.78, 5) is 29.5. The third kappa shape index (κ3) is 6.04. The van der Waals surface area contributed by atoms with Gasteiger partial charge in [0.05, 0.1) is 46.3 Å². The first-order valence-corrected chi connectivity index (χ1v) is 15.1. The third-order valence-corrected chi connectivity index (χ3v) is 8.82. The number of methoxy groups -OCH3 is 1. The number of aryl methyl sites for hydroxylation is 1.